The molecule has 0 atom stereocenters. The van der Waals surface area contributed by atoms with E-state index >= 15 is 0 Å². The molecule has 76 valence electrons. The molecule has 0 bridgehead atoms. The number of nitrogens with one attached hydrogen (secondary N) is 1. The highest BCUT2D eigenvalue weighted by molar-refractivity contribution is 5.40. The Morgan fingerprint density at radius 3 is 2.71 bits per heavy atom. The lowest BCUT2D eigenvalue weighted by molar-refractivity contribution is 0.411. The molecular formula is C11H17N3. The van der Waals surface area contributed by atoms with Gasteiger partial charge in [-0.3, -0.25) is 4.98 Å². The maximum absolute atomic E-state index is 5.85. The molecule has 0 amide bonds. The van der Waals surface area contributed by atoms with Crippen molar-refractivity contribution in [2.45, 2.75) is 37.8 Å². The molecule has 1 heterocycles. The Kier molecular flexibility index (Phi) is 2.99. The van der Waals surface area contributed by atoms with Crippen molar-refractivity contribution in [2.24, 2.45) is 5.73 Å². The van der Waals surface area contributed by atoms with Gasteiger partial charge in [-0.25, -0.2) is 0 Å². The first-order valence-electron chi connectivity index (χ1n) is 5.27. The molecule has 0 aliphatic heterocycles. The van der Waals surface area contributed by atoms with Gasteiger partial charge in [0.25, 0.3) is 0 Å². The van der Waals surface area contributed by atoms with Gasteiger partial charge in [0, 0.05) is 24.5 Å². The molecule has 1 fully saturated rings. The summed E-state index contributed by atoms with van der Waals surface area (Å²) in [5, 5.41) is 3.48. The van der Waals surface area contributed by atoms with Gasteiger partial charge < -0.3 is 11.1 Å². The fourth-order valence-corrected chi connectivity index (χ4v) is 1.95. The van der Waals surface area contributed by atoms with Crippen molar-refractivity contribution in [3.8, 4) is 0 Å². The van der Waals surface area contributed by atoms with Crippen molar-refractivity contribution in [2.75, 3.05) is 5.32 Å². The first kappa shape index (κ1) is 9.46. The Balaban J connectivity index is 1.87. The molecule has 1 aliphatic carbocycles. The van der Waals surface area contributed by atoms with Crippen LogP contribution in [0, 0.1) is 0 Å². The lowest BCUT2D eigenvalue weighted by Crippen LogP contribution is -2.32. The van der Waals surface area contributed by atoms with E-state index in [4.69, 9.17) is 5.73 Å². The molecule has 0 saturated heterocycles. The summed E-state index contributed by atoms with van der Waals surface area (Å²) in [7, 11) is 0. The molecule has 3 nitrogen and oxygen atoms in total. The van der Waals surface area contributed by atoms with Gasteiger partial charge >= 0.3 is 0 Å². The van der Waals surface area contributed by atoms with Crippen molar-refractivity contribution >= 4 is 5.69 Å². The van der Waals surface area contributed by atoms with Crippen LogP contribution in [0.25, 0.3) is 0 Å². The number of nitrogens with two attached hydrogens (primary N) is 1. The molecule has 3 heteroatoms. The van der Waals surface area contributed by atoms with Crippen LogP contribution in [-0.2, 0) is 0 Å². The van der Waals surface area contributed by atoms with Crippen molar-refractivity contribution < 1.29 is 0 Å². The van der Waals surface area contributed by atoms with Crippen LogP contribution in [0.2, 0.25) is 0 Å². The van der Waals surface area contributed by atoms with Gasteiger partial charge in [0.2, 0.25) is 0 Å². The summed E-state index contributed by atoms with van der Waals surface area (Å²) in [5.74, 6) is 0. The van der Waals surface area contributed by atoms with Crippen molar-refractivity contribution in [1.29, 1.82) is 0 Å². The summed E-state index contributed by atoms with van der Waals surface area (Å²) in [5.41, 5.74) is 6.97. The van der Waals surface area contributed by atoms with Crippen LogP contribution in [0.4, 0.5) is 5.69 Å². The van der Waals surface area contributed by atoms with Crippen LogP contribution in [0.15, 0.2) is 24.5 Å². The zero-order chi connectivity index (χ0) is 9.80. The lowest BCUT2D eigenvalue weighted by Gasteiger charge is -2.27. The topological polar surface area (TPSA) is 50.9 Å². The second-order valence-corrected chi connectivity index (χ2v) is 4.00. The van der Waals surface area contributed by atoms with Gasteiger partial charge in [0.15, 0.2) is 0 Å². The number of hydrogen-bond acceptors (Lipinski definition) is 3. The Morgan fingerprint density at radius 2 is 2.07 bits per heavy atom. The van der Waals surface area contributed by atoms with E-state index in [0.717, 1.165) is 18.5 Å². The molecule has 3 N–H and O–H groups in total. The van der Waals surface area contributed by atoms with E-state index < -0.39 is 0 Å². The molecule has 1 saturated carbocycles. The number of rotatable bonds is 2. The zero-order valence-corrected chi connectivity index (χ0v) is 8.32. The third kappa shape index (κ3) is 2.45. The van der Waals surface area contributed by atoms with Crippen molar-refractivity contribution in [1.82, 2.24) is 4.98 Å². The van der Waals surface area contributed by atoms with E-state index in [9.17, 15) is 0 Å². The van der Waals surface area contributed by atoms with E-state index in [1.165, 1.54) is 12.8 Å². The minimum absolute atomic E-state index is 0.418. The number of hydrogen-bond donors (Lipinski definition) is 2. The molecule has 1 aromatic rings. The van der Waals surface area contributed by atoms with Gasteiger partial charge in [-0.05, 0) is 37.8 Å². The zero-order valence-electron chi connectivity index (χ0n) is 8.32. The first-order valence-corrected chi connectivity index (χ1v) is 5.27. The predicted molar refractivity (Wildman–Crippen MR) is 58.1 cm³/mol. The van der Waals surface area contributed by atoms with Crippen LogP contribution in [0.3, 0.4) is 0 Å². The maximum atomic E-state index is 5.85. The van der Waals surface area contributed by atoms with E-state index in [1.54, 1.807) is 6.20 Å². The molecule has 1 aromatic heterocycles. The van der Waals surface area contributed by atoms with Crippen LogP contribution in [-0.4, -0.2) is 17.1 Å². The molecule has 0 radical (unpaired) electrons. The van der Waals surface area contributed by atoms with E-state index in [0.29, 0.717) is 12.1 Å². The third-order valence-corrected chi connectivity index (χ3v) is 2.80. The summed E-state index contributed by atoms with van der Waals surface area (Å²) in [6.07, 6.45) is 8.29. The third-order valence-electron chi connectivity index (χ3n) is 2.80. The van der Waals surface area contributed by atoms with Gasteiger partial charge in [-0.2, -0.15) is 0 Å². The molecule has 2 rings (SSSR count). The summed E-state index contributed by atoms with van der Waals surface area (Å²) >= 11 is 0. The number of nitrogens with zero attached hydrogens (tertiary/aromatic N) is 1. The predicted octanol–water partition coefficient (Wildman–Crippen LogP) is 1.76. The average Bonchev–Trinajstić information content (AvgIpc) is 2.23. The van der Waals surface area contributed by atoms with Crippen LogP contribution in [0.5, 0.6) is 0 Å². The highest BCUT2D eigenvalue weighted by Gasteiger charge is 2.17. The Hall–Kier alpha value is -1.09. The lowest BCUT2D eigenvalue weighted by atomic mass is 9.92. The quantitative estimate of drug-likeness (QED) is 0.749. The summed E-state index contributed by atoms with van der Waals surface area (Å²) < 4.78 is 0. The van der Waals surface area contributed by atoms with Gasteiger partial charge in [0.1, 0.15) is 0 Å². The smallest absolute Gasteiger partial charge is 0.0528 e. The Bertz CT molecular complexity index is 265. The van der Waals surface area contributed by atoms with E-state index in [1.807, 2.05) is 12.3 Å². The summed E-state index contributed by atoms with van der Waals surface area (Å²) in [4.78, 5) is 4.08. The highest BCUT2D eigenvalue weighted by atomic mass is 14.9. The minimum Gasteiger partial charge on any atom is -0.381 e. The molecule has 0 unspecified atom stereocenters. The van der Waals surface area contributed by atoms with Gasteiger partial charge in [-0.15, -0.1) is 0 Å². The van der Waals surface area contributed by atoms with Crippen molar-refractivity contribution in [3.63, 3.8) is 0 Å². The molecule has 0 spiro atoms. The first-order chi connectivity index (χ1) is 6.84. The molecule has 1 aliphatic rings. The maximum Gasteiger partial charge on any atom is 0.0528 e. The monoisotopic (exact) mass is 191 g/mol. The number of aromatic nitrogens is 1. The fourth-order valence-electron chi connectivity index (χ4n) is 1.95. The summed E-state index contributed by atoms with van der Waals surface area (Å²) in [6, 6.07) is 5.01. The van der Waals surface area contributed by atoms with Crippen LogP contribution < -0.4 is 11.1 Å². The molecule has 14 heavy (non-hydrogen) atoms. The van der Waals surface area contributed by atoms with Crippen LogP contribution in [0.1, 0.15) is 25.7 Å². The van der Waals surface area contributed by atoms with E-state index in [-0.39, 0.29) is 0 Å². The number of pyridine rings is 1. The normalized spacial score (nSPS) is 27.2. The van der Waals surface area contributed by atoms with Gasteiger partial charge in [0.05, 0.1) is 5.69 Å². The summed E-state index contributed by atoms with van der Waals surface area (Å²) in [6.45, 7) is 0. The molecular weight excluding hydrogens is 174 g/mol. The van der Waals surface area contributed by atoms with E-state index in [2.05, 4.69) is 16.4 Å². The fraction of sp³-hybridized carbons (Fsp3) is 0.545. The second-order valence-electron chi connectivity index (χ2n) is 4.00. The molecule has 0 aromatic carbocycles. The van der Waals surface area contributed by atoms with Crippen LogP contribution >= 0.6 is 0 Å². The average molecular weight is 191 g/mol. The van der Waals surface area contributed by atoms with Crippen molar-refractivity contribution in [3.05, 3.63) is 24.5 Å². The minimum atomic E-state index is 0.418. The Labute approximate surface area is 84.7 Å². The second kappa shape index (κ2) is 4.42. The van der Waals surface area contributed by atoms with Gasteiger partial charge in [-0.1, -0.05) is 0 Å². The SMILES string of the molecule is NC1CCC(Nc2cccnc2)CC1. The number of anilines is 1. The standard InChI is InChI=1S/C11H17N3/c12-9-3-5-10(6-4-9)14-11-2-1-7-13-8-11/h1-2,7-10,14H,3-6,12H2. The largest absolute Gasteiger partial charge is 0.381 e. The highest BCUT2D eigenvalue weighted by Crippen LogP contribution is 2.20. The Morgan fingerprint density at radius 1 is 1.29 bits per heavy atom.